The molecule has 18 heavy (non-hydrogen) atoms. The van der Waals surface area contributed by atoms with Gasteiger partial charge in [-0.15, -0.1) is 0 Å². The van der Waals surface area contributed by atoms with Gasteiger partial charge in [-0.2, -0.15) is 0 Å². The molecule has 0 radical (unpaired) electrons. The lowest BCUT2D eigenvalue weighted by Gasteiger charge is -2.36. The highest BCUT2D eigenvalue weighted by Gasteiger charge is 2.33. The number of allylic oxidation sites excluding steroid dienone is 12. The molecule has 4 rings (SSSR count). The summed E-state index contributed by atoms with van der Waals surface area (Å²) in [7, 11) is 0. The number of hydrogen-bond acceptors (Lipinski definition) is 1. The molecule has 1 nitrogen and oxygen atoms in total. The summed E-state index contributed by atoms with van der Waals surface area (Å²) < 4.78 is 0. The third kappa shape index (κ3) is 1.20. The number of aliphatic hydroxyl groups is 1. The lowest BCUT2D eigenvalue weighted by Crippen LogP contribution is -2.22. The van der Waals surface area contributed by atoms with E-state index < -0.39 is 0 Å². The average molecular weight is 234 g/mol. The predicted octanol–water partition coefficient (Wildman–Crippen LogP) is 3.15. The van der Waals surface area contributed by atoms with Crippen molar-refractivity contribution in [3.05, 3.63) is 82.0 Å². The van der Waals surface area contributed by atoms with Crippen molar-refractivity contribution in [2.45, 2.75) is 6.42 Å². The van der Waals surface area contributed by atoms with Crippen LogP contribution in [-0.2, 0) is 0 Å². The highest BCUT2D eigenvalue weighted by molar-refractivity contribution is 5.69. The van der Waals surface area contributed by atoms with Crippen LogP contribution in [-0.4, -0.2) is 11.7 Å². The molecule has 1 N–H and O–H groups in total. The van der Waals surface area contributed by atoms with E-state index in [9.17, 15) is 5.11 Å². The monoisotopic (exact) mass is 234 g/mol. The standard InChI is InChI=1S/C17H14O/c18-10-14-7-6-13-5-4-11-2-1-3-12-8-9-15(14)17(13)16(11)12/h1-5,7-9,16,18H,6,10H2. The quantitative estimate of drug-likeness (QED) is 0.739. The normalized spacial score (nSPS) is 27.3. The molecule has 0 aromatic carbocycles. The van der Waals surface area contributed by atoms with Gasteiger partial charge >= 0.3 is 0 Å². The van der Waals surface area contributed by atoms with Gasteiger partial charge in [0.25, 0.3) is 0 Å². The molecular weight excluding hydrogens is 220 g/mol. The van der Waals surface area contributed by atoms with E-state index in [-0.39, 0.29) is 6.61 Å². The summed E-state index contributed by atoms with van der Waals surface area (Å²) in [5.74, 6) is 0.394. The van der Waals surface area contributed by atoms with E-state index in [0.717, 1.165) is 12.0 Å². The van der Waals surface area contributed by atoms with Crippen LogP contribution in [0, 0.1) is 5.92 Å². The van der Waals surface area contributed by atoms with Gasteiger partial charge in [0.2, 0.25) is 0 Å². The van der Waals surface area contributed by atoms with E-state index in [2.05, 4.69) is 48.6 Å². The van der Waals surface area contributed by atoms with Gasteiger partial charge in [0, 0.05) is 5.92 Å². The number of aliphatic hydroxyl groups excluding tert-OH is 1. The molecule has 0 amide bonds. The van der Waals surface area contributed by atoms with Gasteiger partial charge in [-0.05, 0) is 39.9 Å². The SMILES string of the molecule is OCC1=CCC2=C3C1=CC=C1C=CC=C(C=C2)C13. The zero-order valence-electron chi connectivity index (χ0n) is 10.1. The largest absolute Gasteiger partial charge is 0.392 e. The Balaban J connectivity index is 1.97. The third-order valence-electron chi connectivity index (χ3n) is 4.17. The lowest BCUT2D eigenvalue weighted by atomic mass is 9.67. The van der Waals surface area contributed by atoms with Crippen molar-refractivity contribution in [1.82, 2.24) is 0 Å². The Bertz CT molecular complexity index is 645. The second kappa shape index (κ2) is 3.56. The molecule has 1 atom stereocenters. The smallest absolute Gasteiger partial charge is 0.0684 e. The van der Waals surface area contributed by atoms with Gasteiger partial charge in [-0.1, -0.05) is 48.6 Å². The Hall–Kier alpha value is -1.86. The number of rotatable bonds is 1. The van der Waals surface area contributed by atoms with Crippen molar-refractivity contribution in [2.24, 2.45) is 5.92 Å². The number of hydrogen-bond donors (Lipinski definition) is 1. The minimum Gasteiger partial charge on any atom is -0.392 e. The van der Waals surface area contributed by atoms with Gasteiger partial charge in [0.05, 0.1) is 6.61 Å². The van der Waals surface area contributed by atoms with E-state index in [1.54, 1.807) is 0 Å². The van der Waals surface area contributed by atoms with Crippen LogP contribution in [0.5, 0.6) is 0 Å². The first-order chi connectivity index (χ1) is 8.88. The fraction of sp³-hybridized carbons (Fsp3) is 0.176. The first-order valence-electron chi connectivity index (χ1n) is 6.40. The fourth-order valence-corrected chi connectivity index (χ4v) is 3.31. The predicted molar refractivity (Wildman–Crippen MR) is 72.8 cm³/mol. The van der Waals surface area contributed by atoms with Crippen LogP contribution in [0.25, 0.3) is 0 Å². The molecule has 88 valence electrons. The zero-order valence-corrected chi connectivity index (χ0v) is 10.1. The molecule has 0 saturated heterocycles. The molecule has 1 unspecified atom stereocenters. The topological polar surface area (TPSA) is 20.2 Å². The second-order valence-corrected chi connectivity index (χ2v) is 5.07. The first kappa shape index (κ1) is 10.1. The summed E-state index contributed by atoms with van der Waals surface area (Å²) in [5, 5.41) is 9.50. The maximum absolute atomic E-state index is 9.50. The first-order valence-corrected chi connectivity index (χ1v) is 6.40. The summed E-state index contributed by atoms with van der Waals surface area (Å²) >= 11 is 0. The molecule has 0 aliphatic heterocycles. The fourth-order valence-electron chi connectivity index (χ4n) is 3.31. The van der Waals surface area contributed by atoms with Gasteiger partial charge in [0.15, 0.2) is 0 Å². The summed E-state index contributed by atoms with van der Waals surface area (Å²) in [6.07, 6.45) is 18.4. The molecule has 1 heteroatoms. The molecule has 0 bridgehead atoms. The minimum absolute atomic E-state index is 0.136. The highest BCUT2D eigenvalue weighted by Crippen LogP contribution is 2.48. The Kier molecular flexibility index (Phi) is 2.00. The van der Waals surface area contributed by atoms with Crippen LogP contribution in [0.2, 0.25) is 0 Å². The van der Waals surface area contributed by atoms with Crippen LogP contribution in [0.15, 0.2) is 82.0 Å². The Morgan fingerprint density at radius 3 is 2.83 bits per heavy atom. The van der Waals surface area contributed by atoms with E-state index in [0.29, 0.717) is 5.92 Å². The van der Waals surface area contributed by atoms with Gasteiger partial charge in [0.1, 0.15) is 0 Å². The van der Waals surface area contributed by atoms with Crippen molar-refractivity contribution in [3.8, 4) is 0 Å². The molecule has 0 heterocycles. The summed E-state index contributed by atoms with van der Waals surface area (Å²) in [4.78, 5) is 0. The maximum atomic E-state index is 9.50. The zero-order chi connectivity index (χ0) is 12.1. The van der Waals surface area contributed by atoms with Crippen molar-refractivity contribution >= 4 is 0 Å². The second-order valence-electron chi connectivity index (χ2n) is 5.07. The molecule has 0 aromatic heterocycles. The molecule has 0 saturated carbocycles. The molecule has 4 aliphatic rings. The average Bonchev–Trinajstić information content (AvgIpc) is 2.44. The Morgan fingerprint density at radius 1 is 1.06 bits per heavy atom. The van der Waals surface area contributed by atoms with E-state index in [1.165, 1.54) is 27.9 Å². The van der Waals surface area contributed by atoms with Gasteiger partial charge < -0.3 is 5.11 Å². The molecular formula is C17H14O. The molecule has 0 spiro atoms. The summed E-state index contributed by atoms with van der Waals surface area (Å²) in [6, 6.07) is 0. The Labute approximate surface area is 107 Å². The minimum atomic E-state index is 0.136. The maximum Gasteiger partial charge on any atom is 0.0684 e. The van der Waals surface area contributed by atoms with Crippen LogP contribution >= 0.6 is 0 Å². The Morgan fingerprint density at radius 2 is 1.94 bits per heavy atom. The van der Waals surface area contributed by atoms with Gasteiger partial charge in [-0.25, -0.2) is 0 Å². The van der Waals surface area contributed by atoms with Crippen molar-refractivity contribution in [3.63, 3.8) is 0 Å². The summed E-state index contributed by atoms with van der Waals surface area (Å²) in [5.41, 5.74) is 7.87. The molecule has 0 aromatic rings. The molecule has 0 fully saturated rings. The third-order valence-corrected chi connectivity index (χ3v) is 4.17. The van der Waals surface area contributed by atoms with Crippen LogP contribution in [0.1, 0.15) is 6.42 Å². The summed E-state index contributed by atoms with van der Waals surface area (Å²) in [6.45, 7) is 0.136. The van der Waals surface area contributed by atoms with E-state index in [1.807, 2.05) is 0 Å². The van der Waals surface area contributed by atoms with Crippen molar-refractivity contribution in [1.29, 1.82) is 0 Å². The van der Waals surface area contributed by atoms with Crippen LogP contribution in [0.4, 0.5) is 0 Å². The van der Waals surface area contributed by atoms with Crippen molar-refractivity contribution in [2.75, 3.05) is 6.61 Å². The van der Waals surface area contributed by atoms with Crippen LogP contribution in [0.3, 0.4) is 0 Å². The van der Waals surface area contributed by atoms with Crippen LogP contribution < -0.4 is 0 Å². The van der Waals surface area contributed by atoms with Gasteiger partial charge in [-0.3, -0.25) is 0 Å². The van der Waals surface area contributed by atoms with E-state index >= 15 is 0 Å². The lowest BCUT2D eigenvalue weighted by molar-refractivity contribution is 0.332. The molecule has 4 aliphatic carbocycles. The van der Waals surface area contributed by atoms with E-state index in [4.69, 9.17) is 0 Å². The highest BCUT2D eigenvalue weighted by atomic mass is 16.3. The van der Waals surface area contributed by atoms with Crippen molar-refractivity contribution < 1.29 is 5.11 Å².